The Morgan fingerprint density at radius 3 is 2.52 bits per heavy atom. The number of carbonyl (C=O) groups is 2. The van der Waals surface area contributed by atoms with E-state index in [9.17, 15) is 18.4 Å². The van der Waals surface area contributed by atoms with E-state index in [2.05, 4.69) is 4.98 Å². The van der Waals surface area contributed by atoms with E-state index in [-0.39, 0.29) is 11.3 Å². The lowest BCUT2D eigenvalue weighted by molar-refractivity contribution is 0.0469. The van der Waals surface area contributed by atoms with Gasteiger partial charge in [-0.15, -0.1) is 11.3 Å². The highest BCUT2D eigenvalue weighted by atomic mass is 32.1. The third-order valence-corrected chi connectivity index (χ3v) is 4.20. The Morgan fingerprint density at radius 2 is 1.80 bits per heavy atom. The summed E-state index contributed by atoms with van der Waals surface area (Å²) < 4.78 is 30.9. The lowest BCUT2D eigenvalue weighted by Crippen LogP contribution is -2.14. The summed E-state index contributed by atoms with van der Waals surface area (Å²) in [5.41, 5.74) is 0.876. The first-order chi connectivity index (χ1) is 12.0. The highest BCUT2D eigenvalue weighted by molar-refractivity contribution is 7.13. The standard InChI is InChI=1S/C18H11F2NO3S/c19-13-7-6-12(8-14(13)20)16(22)9-24-18(23)15-10-25-17(21-15)11-4-2-1-3-5-11/h1-8,10H,9H2. The van der Waals surface area contributed by atoms with Crippen LogP contribution < -0.4 is 0 Å². The number of benzene rings is 2. The summed E-state index contributed by atoms with van der Waals surface area (Å²) >= 11 is 1.28. The normalized spacial score (nSPS) is 10.5. The second-order valence-electron chi connectivity index (χ2n) is 5.03. The van der Waals surface area contributed by atoms with Gasteiger partial charge in [0.2, 0.25) is 0 Å². The minimum Gasteiger partial charge on any atom is -0.453 e. The number of nitrogens with zero attached hydrogens (tertiary/aromatic N) is 1. The van der Waals surface area contributed by atoms with Crippen LogP contribution in [0.5, 0.6) is 0 Å². The number of halogens is 2. The van der Waals surface area contributed by atoms with E-state index in [1.165, 1.54) is 16.7 Å². The van der Waals surface area contributed by atoms with Gasteiger partial charge in [0.05, 0.1) is 0 Å². The van der Waals surface area contributed by atoms with Crippen LogP contribution in [0.3, 0.4) is 0 Å². The van der Waals surface area contributed by atoms with Crippen LogP contribution in [0, 0.1) is 11.6 Å². The molecule has 0 spiro atoms. The Balaban J connectivity index is 1.64. The molecule has 2 aromatic carbocycles. The van der Waals surface area contributed by atoms with Crippen molar-refractivity contribution < 1.29 is 23.1 Å². The predicted octanol–water partition coefficient (Wildman–Crippen LogP) is 4.13. The van der Waals surface area contributed by atoms with Gasteiger partial charge in [0, 0.05) is 16.5 Å². The van der Waals surface area contributed by atoms with Crippen LogP contribution in [-0.2, 0) is 4.74 Å². The van der Waals surface area contributed by atoms with Gasteiger partial charge in [-0.1, -0.05) is 30.3 Å². The first kappa shape index (κ1) is 16.9. The molecule has 0 bridgehead atoms. The van der Waals surface area contributed by atoms with Crippen molar-refractivity contribution in [3.05, 3.63) is 76.8 Å². The Kier molecular flexibility index (Phi) is 4.95. The van der Waals surface area contributed by atoms with Gasteiger partial charge < -0.3 is 4.74 Å². The summed E-state index contributed by atoms with van der Waals surface area (Å²) in [6.07, 6.45) is 0. The van der Waals surface area contributed by atoms with E-state index in [4.69, 9.17) is 4.74 Å². The molecular formula is C18H11F2NO3S. The molecule has 0 aliphatic heterocycles. The second kappa shape index (κ2) is 7.31. The number of aromatic nitrogens is 1. The van der Waals surface area contributed by atoms with Gasteiger partial charge in [0.25, 0.3) is 0 Å². The zero-order valence-corrected chi connectivity index (χ0v) is 13.6. The molecule has 7 heteroatoms. The maximum absolute atomic E-state index is 13.1. The number of hydrogen-bond acceptors (Lipinski definition) is 5. The van der Waals surface area contributed by atoms with E-state index in [0.717, 1.165) is 23.8 Å². The number of esters is 1. The van der Waals surface area contributed by atoms with E-state index in [1.807, 2.05) is 30.3 Å². The fraction of sp³-hybridized carbons (Fsp3) is 0.0556. The van der Waals surface area contributed by atoms with E-state index < -0.39 is 30.0 Å². The third kappa shape index (κ3) is 3.95. The molecule has 0 radical (unpaired) electrons. The first-order valence-electron chi connectivity index (χ1n) is 7.21. The second-order valence-corrected chi connectivity index (χ2v) is 5.89. The van der Waals surface area contributed by atoms with Crippen LogP contribution in [-0.4, -0.2) is 23.3 Å². The number of thiazole rings is 1. The van der Waals surface area contributed by atoms with Crippen molar-refractivity contribution in [2.24, 2.45) is 0 Å². The summed E-state index contributed by atoms with van der Waals surface area (Å²) in [6, 6.07) is 12.0. The van der Waals surface area contributed by atoms with Crippen LogP contribution in [0.2, 0.25) is 0 Å². The smallest absolute Gasteiger partial charge is 0.358 e. The van der Waals surface area contributed by atoms with Crippen LogP contribution in [0.15, 0.2) is 53.9 Å². The van der Waals surface area contributed by atoms with Gasteiger partial charge >= 0.3 is 5.97 Å². The molecule has 1 aromatic heterocycles. The zero-order chi connectivity index (χ0) is 17.8. The SMILES string of the molecule is O=C(COC(=O)c1csc(-c2ccccc2)n1)c1ccc(F)c(F)c1. The Bertz CT molecular complexity index is 925. The Labute approximate surface area is 145 Å². The molecule has 0 fully saturated rings. The Morgan fingerprint density at radius 1 is 1.04 bits per heavy atom. The predicted molar refractivity (Wildman–Crippen MR) is 88.5 cm³/mol. The molecule has 0 amide bonds. The van der Waals surface area contributed by atoms with Crippen LogP contribution in [0.25, 0.3) is 10.6 Å². The van der Waals surface area contributed by atoms with Crippen molar-refractivity contribution in [3.8, 4) is 10.6 Å². The average molecular weight is 359 g/mol. The minimum atomic E-state index is -1.14. The molecular weight excluding hydrogens is 348 g/mol. The fourth-order valence-electron chi connectivity index (χ4n) is 2.04. The van der Waals surface area contributed by atoms with E-state index in [1.54, 1.807) is 0 Å². The molecule has 126 valence electrons. The fourth-order valence-corrected chi connectivity index (χ4v) is 2.83. The molecule has 25 heavy (non-hydrogen) atoms. The number of hydrogen-bond donors (Lipinski definition) is 0. The van der Waals surface area contributed by atoms with Crippen molar-refractivity contribution in [2.75, 3.05) is 6.61 Å². The molecule has 4 nitrogen and oxygen atoms in total. The van der Waals surface area contributed by atoms with Gasteiger partial charge in [-0.05, 0) is 18.2 Å². The quantitative estimate of drug-likeness (QED) is 0.508. The van der Waals surface area contributed by atoms with E-state index >= 15 is 0 Å². The molecule has 0 unspecified atom stereocenters. The van der Waals surface area contributed by atoms with Crippen LogP contribution >= 0.6 is 11.3 Å². The van der Waals surface area contributed by atoms with Gasteiger partial charge in [0.1, 0.15) is 5.01 Å². The third-order valence-electron chi connectivity index (χ3n) is 3.31. The van der Waals surface area contributed by atoms with Crippen molar-refractivity contribution >= 4 is 23.1 Å². The number of Topliss-reactive ketones (excluding diaryl/α,β-unsaturated/α-hetero) is 1. The number of ether oxygens (including phenoxy) is 1. The molecule has 1 heterocycles. The molecule has 0 aliphatic rings. The van der Waals surface area contributed by atoms with Crippen molar-refractivity contribution in [1.82, 2.24) is 4.98 Å². The van der Waals surface area contributed by atoms with E-state index in [0.29, 0.717) is 5.01 Å². The lowest BCUT2D eigenvalue weighted by Gasteiger charge is -2.03. The van der Waals surface area contributed by atoms with Crippen molar-refractivity contribution in [2.45, 2.75) is 0 Å². The van der Waals surface area contributed by atoms with Crippen molar-refractivity contribution in [3.63, 3.8) is 0 Å². The molecule has 3 aromatic rings. The maximum atomic E-state index is 13.1. The lowest BCUT2D eigenvalue weighted by atomic mass is 10.1. The molecule has 0 N–H and O–H groups in total. The minimum absolute atomic E-state index is 0.0741. The topological polar surface area (TPSA) is 56.3 Å². The first-order valence-corrected chi connectivity index (χ1v) is 8.09. The largest absolute Gasteiger partial charge is 0.453 e. The molecule has 0 saturated carbocycles. The molecule has 0 aliphatic carbocycles. The average Bonchev–Trinajstić information content (AvgIpc) is 3.12. The monoisotopic (exact) mass is 359 g/mol. The molecule has 0 atom stereocenters. The van der Waals surface area contributed by atoms with Crippen molar-refractivity contribution in [1.29, 1.82) is 0 Å². The zero-order valence-electron chi connectivity index (χ0n) is 12.7. The van der Waals surface area contributed by atoms with Gasteiger partial charge in [0.15, 0.2) is 29.7 Å². The highest BCUT2D eigenvalue weighted by Gasteiger charge is 2.16. The maximum Gasteiger partial charge on any atom is 0.358 e. The molecule has 3 rings (SSSR count). The number of rotatable bonds is 5. The summed E-state index contributed by atoms with van der Waals surface area (Å²) in [7, 11) is 0. The summed E-state index contributed by atoms with van der Waals surface area (Å²) in [5.74, 6) is -3.58. The molecule has 0 saturated heterocycles. The van der Waals surface area contributed by atoms with Gasteiger partial charge in [-0.25, -0.2) is 18.6 Å². The summed E-state index contributed by atoms with van der Waals surface area (Å²) in [5, 5.41) is 2.19. The number of ketones is 1. The highest BCUT2D eigenvalue weighted by Crippen LogP contribution is 2.23. The van der Waals surface area contributed by atoms with Crippen LogP contribution in [0.4, 0.5) is 8.78 Å². The van der Waals surface area contributed by atoms with Gasteiger partial charge in [-0.3, -0.25) is 4.79 Å². The Hall–Kier alpha value is -2.93. The number of carbonyl (C=O) groups excluding carboxylic acids is 2. The summed E-state index contributed by atoms with van der Waals surface area (Å²) in [6.45, 7) is -0.581. The summed E-state index contributed by atoms with van der Waals surface area (Å²) in [4.78, 5) is 28.0. The van der Waals surface area contributed by atoms with Crippen LogP contribution in [0.1, 0.15) is 20.8 Å². The van der Waals surface area contributed by atoms with Gasteiger partial charge in [-0.2, -0.15) is 0 Å².